The number of nitrogens with zero attached hydrogens (tertiary/aromatic N) is 1. The molecule has 0 radical (unpaired) electrons. The van der Waals surface area contributed by atoms with Gasteiger partial charge in [-0.15, -0.1) is 0 Å². The molecule has 0 saturated heterocycles. The van der Waals surface area contributed by atoms with Crippen molar-refractivity contribution in [2.24, 2.45) is 0 Å². The van der Waals surface area contributed by atoms with Crippen LogP contribution in [0.1, 0.15) is 25.7 Å². The topological polar surface area (TPSA) is 57.6 Å². The Hall–Kier alpha value is -0.690. The molecule has 2 unspecified atom stereocenters. The number of aliphatic hydroxyl groups excluding tert-OH is 1. The van der Waals surface area contributed by atoms with Gasteiger partial charge < -0.3 is 5.11 Å². The van der Waals surface area contributed by atoms with E-state index in [-0.39, 0.29) is 9.92 Å². The first-order valence-corrected chi connectivity index (χ1v) is 8.27. The third-order valence-electron chi connectivity index (χ3n) is 3.71. The number of aliphatic hydroxyl groups is 1. The van der Waals surface area contributed by atoms with Gasteiger partial charge in [-0.05, 0) is 31.0 Å². The standard InChI is InChI=1S/C13H17ClFNO3S/c1-16(11-4-2-3-5-12(11)17)20(18,19)13-8-9(15)6-7-10(13)14/h6-8,11-12,17H,2-5H2,1H3. The first-order chi connectivity index (χ1) is 9.34. The highest BCUT2D eigenvalue weighted by Gasteiger charge is 2.35. The summed E-state index contributed by atoms with van der Waals surface area (Å²) in [5.41, 5.74) is 0. The molecule has 112 valence electrons. The third kappa shape index (κ3) is 2.98. The van der Waals surface area contributed by atoms with E-state index < -0.39 is 28.0 Å². The monoisotopic (exact) mass is 321 g/mol. The molecule has 0 amide bonds. The highest BCUT2D eigenvalue weighted by atomic mass is 35.5. The second-order valence-electron chi connectivity index (χ2n) is 5.02. The largest absolute Gasteiger partial charge is 0.391 e. The Morgan fingerprint density at radius 2 is 2.00 bits per heavy atom. The molecule has 0 aromatic heterocycles. The summed E-state index contributed by atoms with van der Waals surface area (Å²) in [5.74, 6) is -0.662. The molecule has 2 atom stereocenters. The Kier molecular flexibility index (Phi) is 4.69. The number of hydrogen-bond acceptors (Lipinski definition) is 3. The first-order valence-electron chi connectivity index (χ1n) is 6.45. The van der Waals surface area contributed by atoms with Crippen LogP contribution in [0, 0.1) is 5.82 Å². The zero-order valence-electron chi connectivity index (χ0n) is 11.1. The minimum absolute atomic E-state index is 0.0245. The summed E-state index contributed by atoms with van der Waals surface area (Å²) in [5, 5.41) is 9.94. The number of hydrogen-bond donors (Lipinski definition) is 1. The van der Waals surface area contributed by atoms with Gasteiger partial charge in [-0.1, -0.05) is 24.4 Å². The Labute approximate surface area is 123 Å². The van der Waals surface area contributed by atoms with Crippen molar-refractivity contribution >= 4 is 21.6 Å². The summed E-state index contributed by atoms with van der Waals surface area (Å²) in [6.07, 6.45) is 2.20. The van der Waals surface area contributed by atoms with Crippen LogP contribution in [0.4, 0.5) is 4.39 Å². The van der Waals surface area contributed by atoms with Crippen LogP contribution in [0.15, 0.2) is 23.1 Å². The van der Waals surface area contributed by atoms with Crippen LogP contribution < -0.4 is 0 Å². The molecule has 0 bridgehead atoms. The van der Waals surface area contributed by atoms with Crippen LogP contribution in [0.2, 0.25) is 5.02 Å². The number of sulfonamides is 1. The predicted molar refractivity (Wildman–Crippen MR) is 74.6 cm³/mol. The van der Waals surface area contributed by atoms with Crippen molar-refractivity contribution in [2.75, 3.05) is 7.05 Å². The summed E-state index contributed by atoms with van der Waals surface area (Å²) < 4.78 is 39.4. The van der Waals surface area contributed by atoms with Crippen molar-refractivity contribution < 1.29 is 17.9 Å². The molecule has 1 aromatic rings. The van der Waals surface area contributed by atoms with Crippen LogP contribution >= 0.6 is 11.6 Å². The second kappa shape index (κ2) is 5.97. The highest BCUT2D eigenvalue weighted by Crippen LogP contribution is 2.30. The fourth-order valence-corrected chi connectivity index (χ4v) is 4.42. The summed E-state index contributed by atoms with van der Waals surface area (Å²) >= 11 is 5.87. The first kappa shape index (κ1) is 15.7. The molecular formula is C13H17ClFNO3S. The third-order valence-corrected chi connectivity index (χ3v) is 6.08. The molecule has 4 nitrogen and oxygen atoms in total. The van der Waals surface area contributed by atoms with Gasteiger partial charge in [0.15, 0.2) is 0 Å². The lowest BCUT2D eigenvalue weighted by molar-refractivity contribution is 0.0638. The molecule has 1 aliphatic rings. The molecule has 1 fully saturated rings. The van der Waals surface area contributed by atoms with E-state index in [2.05, 4.69) is 0 Å². The maximum Gasteiger partial charge on any atom is 0.244 e. The zero-order valence-corrected chi connectivity index (χ0v) is 12.7. The van der Waals surface area contributed by atoms with Crippen molar-refractivity contribution in [1.82, 2.24) is 4.31 Å². The molecule has 1 saturated carbocycles. The molecule has 2 rings (SSSR count). The fraction of sp³-hybridized carbons (Fsp3) is 0.538. The molecule has 1 N–H and O–H groups in total. The minimum atomic E-state index is -3.92. The molecule has 0 heterocycles. The molecule has 0 aliphatic heterocycles. The quantitative estimate of drug-likeness (QED) is 0.930. The van der Waals surface area contributed by atoms with Crippen LogP contribution in [0.3, 0.4) is 0 Å². The molecule has 0 spiro atoms. The van der Waals surface area contributed by atoms with Crippen molar-refractivity contribution in [2.45, 2.75) is 42.7 Å². The van der Waals surface area contributed by atoms with E-state index in [1.165, 1.54) is 13.1 Å². The van der Waals surface area contributed by atoms with Gasteiger partial charge in [-0.2, -0.15) is 4.31 Å². The SMILES string of the molecule is CN(C1CCCCC1O)S(=O)(=O)c1cc(F)ccc1Cl. The summed E-state index contributed by atoms with van der Waals surface area (Å²) in [6, 6.07) is 2.74. The minimum Gasteiger partial charge on any atom is -0.391 e. The van der Waals surface area contributed by atoms with E-state index in [9.17, 15) is 17.9 Å². The van der Waals surface area contributed by atoms with E-state index in [0.29, 0.717) is 12.8 Å². The average Bonchev–Trinajstić information content (AvgIpc) is 2.41. The lowest BCUT2D eigenvalue weighted by Crippen LogP contribution is -2.46. The average molecular weight is 322 g/mol. The molecule has 7 heteroatoms. The summed E-state index contributed by atoms with van der Waals surface area (Å²) in [6.45, 7) is 0. The van der Waals surface area contributed by atoms with Crippen molar-refractivity contribution in [3.8, 4) is 0 Å². The predicted octanol–water partition coefficient (Wildman–Crippen LogP) is 2.40. The van der Waals surface area contributed by atoms with Gasteiger partial charge in [0.05, 0.1) is 17.2 Å². The maximum atomic E-state index is 13.3. The van der Waals surface area contributed by atoms with E-state index in [4.69, 9.17) is 11.6 Å². The van der Waals surface area contributed by atoms with Gasteiger partial charge in [-0.3, -0.25) is 0 Å². The molecule has 1 aromatic carbocycles. The van der Waals surface area contributed by atoms with E-state index in [1.54, 1.807) is 0 Å². The van der Waals surface area contributed by atoms with Crippen LogP contribution in [-0.4, -0.2) is 37.0 Å². The van der Waals surface area contributed by atoms with Crippen molar-refractivity contribution in [3.63, 3.8) is 0 Å². The smallest absolute Gasteiger partial charge is 0.244 e. The van der Waals surface area contributed by atoms with Gasteiger partial charge in [-0.25, -0.2) is 12.8 Å². The normalized spacial score (nSPS) is 24.1. The lowest BCUT2D eigenvalue weighted by Gasteiger charge is -2.34. The summed E-state index contributed by atoms with van der Waals surface area (Å²) in [7, 11) is -2.52. The van der Waals surface area contributed by atoms with Gasteiger partial charge in [0, 0.05) is 7.05 Å². The Morgan fingerprint density at radius 3 is 2.65 bits per heavy atom. The molecular weight excluding hydrogens is 305 g/mol. The molecule has 1 aliphatic carbocycles. The van der Waals surface area contributed by atoms with Gasteiger partial charge in [0.1, 0.15) is 10.7 Å². The Balaban J connectivity index is 2.36. The summed E-state index contributed by atoms with van der Waals surface area (Å²) in [4.78, 5) is -0.264. The maximum absolute atomic E-state index is 13.3. The zero-order chi connectivity index (χ0) is 14.9. The lowest BCUT2D eigenvalue weighted by atomic mass is 9.93. The Morgan fingerprint density at radius 1 is 1.35 bits per heavy atom. The number of likely N-dealkylation sites (N-methyl/N-ethyl adjacent to an activating group) is 1. The van der Waals surface area contributed by atoms with Crippen LogP contribution in [0.5, 0.6) is 0 Å². The van der Waals surface area contributed by atoms with Crippen molar-refractivity contribution in [3.05, 3.63) is 29.0 Å². The second-order valence-corrected chi connectivity index (χ2v) is 7.39. The number of benzene rings is 1. The van der Waals surface area contributed by atoms with E-state index in [1.807, 2.05) is 0 Å². The van der Waals surface area contributed by atoms with Gasteiger partial charge >= 0.3 is 0 Å². The van der Waals surface area contributed by atoms with Gasteiger partial charge in [0.25, 0.3) is 0 Å². The molecule has 20 heavy (non-hydrogen) atoms. The van der Waals surface area contributed by atoms with E-state index >= 15 is 0 Å². The van der Waals surface area contributed by atoms with Crippen molar-refractivity contribution in [1.29, 1.82) is 0 Å². The Bertz CT molecular complexity index is 593. The fourth-order valence-electron chi connectivity index (χ4n) is 2.52. The van der Waals surface area contributed by atoms with Crippen LogP contribution in [0.25, 0.3) is 0 Å². The highest BCUT2D eigenvalue weighted by molar-refractivity contribution is 7.89. The van der Waals surface area contributed by atoms with Gasteiger partial charge in [0.2, 0.25) is 10.0 Å². The van der Waals surface area contributed by atoms with E-state index in [0.717, 1.165) is 29.3 Å². The number of rotatable bonds is 3. The van der Waals surface area contributed by atoms with Crippen LogP contribution in [-0.2, 0) is 10.0 Å². The number of halogens is 2.